The summed E-state index contributed by atoms with van der Waals surface area (Å²) in [5.74, 6) is 1.66. The molecule has 0 bridgehead atoms. The summed E-state index contributed by atoms with van der Waals surface area (Å²) in [4.78, 5) is 0. The Hall–Kier alpha value is -0.0800. The van der Waals surface area contributed by atoms with Gasteiger partial charge in [0.1, 0.15) is 0 Å². The van der Waals surface area contributed by atoms with Crippen LogP contribution < -0.4 is 11.1 Å². The maximum atomic E-state index is 5.80. The summed E-state index contributed by atoms with van der Waals surface area (Å²) >= 11 is 0. The van der Waals surface area contributed by atoms with Crippen molar-refractivity contribution in [2.45, 2.75) is 25.4 Å². The molecule has 1 aliphatic heterocycles. The van der Waals surface area contributed by atoms with E-state index < -0.39 is 0 Å². The molecule has 52 valence electrons. The number of nitrogens with two attached hydrogens (primary N) is 1. The molecule has 2 rings (SSSR count). The van der Waals surface area contributed by atoms with Gasteiger partial charge in [0.15, 0.2) is 0 Å². The summed E-state index contributed by atoms with van der Waals surface area (Å²) in [5, 5.41) is 3.46. The van der Waals surface area contributed by atoms with Gasteiger partial charge in [0.2, 0.25) is 0 Å². The first kappa shape index (κ1) is 5.69. The molecular weight excluding hydrogens is 112 g/mol. The molecule has 1 saturated heterocycles. The molecule has 0 aromatic heterocycles. The molecule has 0 unspecified atom stereocenters. The van der Waals surface area contributed by atoms with Crippen LogP contribution in [0.15, 0.2) is 0 Å². The van der Waals surface area contributed by atoms with E-state index in [0.29, 0.717) is 6.04 Å². The zero-order valence-corrected chi connectivity index (χ0v) is 5.80. The Morgan fingerprint density at radius 3 is 2.78 bits per heavy atom. The van der Waals surface area contributed by atoms with Crippen LogP contribution in [0.5, 0.6) is 0 Å². The topological polar surface area (TPSA) is 38.0 Å². The number of hydrogen-bond donors (Lipinski definition) is 2. The highest BCUT2D eigenvalue weighted by Gasteiger charge is 2.55. The minimum atomic E-state index is 0.538. The average molecular weight is 126 g/mol. The Morgan fingerprint density at radius 1 is 1.67 bits per heavy atom. The lowest BCUT2D eigenvalue weighted by atomic mass is 10.1. The van der Waals surface area contributed by atoms with Gasteiger partial charge in [0.25, 0.3) is 0 Å². The second-order valence-electron chi connectivity index (χ2n) is 3.24. The third kappa shape index (κ3) is 0.634. The molecule has 1 saturated carbocycles. The number of piperidine rings is 1. The summed E-state index contributed by atoms with van der Waals surface area (Å²) in [6, 6.07) is 1.28. The lowest BCUT2D eigenvalue weighted by Gasteiger charge is -2.10. The van der Waals surface area contributed by atoms with Gasteiger partial charge in [-0.15, -0.1) is 0 Å². The van der Waals surface area contributed by atoms with Crippen molar-refractivity contribution in [3.8, 4) is 0 Å². The number of nitrogens with one attached hydrogen (secondary N) is 1. The van der Waals surface area contributed by atoms with E-state index >= 15 is 0 Å². The first-order valence-corrected chi connectivity index (χ1v) is 3.83. The first-order valence-electron chi connectivity index (χ1n) is 3.83. The van der Waals surface area contributed by atoms with E-state index in [2.05, 4.69) is 12.2 Å². The van der Waals surface area contributed by atoms with Crippen molar-refractivity contribution in [3.05, 3.63) is 0 Å². The van der Waals surface area contributed by atoms with Crippen LogP contribution in [0.25, 0.3) is 0 Å². The molecule has 1 heterocycles. The van der Waals surface area contributed by atoms with Gasteiger partial charge in [-0.3, -0.25) is 0 Å². The molecule has 2 fully saturated rings. The molecule has 2 heteroatoms. The second-order valence-corrected chi connectivity index (χ2v) is 3.24. The van der Waals surface area contributed by atoms with Crippen molar-refractivity contribution < 1.29 is 0 Å². The van der Waals surface area contributed by atoms with E-state index in [1.165, 1.54) is 13.0 Å². The van der Waals surface area contributed by atoms with E-state index in [0.717, 1.165) is 17.9 Å². The van der Waals surface area contributed by atoms with Crippen LogP contribution in [0.1, 0.15) is 13.3 Å². The maximum absolute atomic E-state index is 5.80. The summed E-state index contributed by atoms with van der Waals surface area (Å²) < 4.78 is 0. The Bertz CT molecular complexity index is 124. The third-order valence-electron chi connectivity index (χ3n) is 2.81. The third-order valence-corrected chi connectivity index (χ3v) is 2.81. The van der Waals surface area contributed by atoms with E-state index in [4.69, 9.17) is 5.73 Å². The largest absolute Gasteiger partial charge is 0.327 e. The van der Waals surface area contributed by atoms with Crippen LogP contribution in [0.3, 0.4) is 0 Å². The molecule has 3 N–H and O–H groups in total. The number of rotatable bonds is 1. The van der Waals surface area contributed by atoms with E-state index in [9.17, 15) is 0 Å². The van der Waals surface area contributed by atoms with Crippen LogP contribution in [-0.2, 0) is 0 Å². The van der Waals surface area contributed by atoms with Crippen molar-refractivity contribution >= 4 is 0 Å². The fourth-order valence-corrected chi connectivity index (χ4v) is 2.11. The van der Waals surface area contributed by atoms with E-state index in [-0.39, 0.29) is 0 Å². The monoisotopic (exact) mass is 126 g/mol. The van der Waals surface area contributed by atoms with Gasteiger partial charge in [0, 0.05) is 18.6 Å². The lowest BCUT2D eigenvalue weighted by molar-refractivity contribution is 0.500. The van der Waals surface area contributed by atoms with Gasteiger partial charge in [-0.25, -0.2) is 0 Å². The smallest absolute Gasteiger partial charge is 0.0130 e. The molecule has 9 heavy (non-hydrogen) atoms. The van der Waals surface area contributed by atoms with Crippen molar-refractivity contribution in [2.24, 2.45) is 17.6 Å². The standard InChI is InChI=1S/C7H14N2/c1-2-5-6-4(3-9-5)7(6)8/h4-7,9H,2-3,8H2,1H3/t4-,5-,6-,7+/m0/s1. The molecule has 1 aliphatic carbocycles. The van der Waals surface area contributed by atoms with Crippen molar-refractivity contribution in [3.63, 3.8) is 0 Å². The number of fused-ring (bicyclic) bond motifs is 1. The van der Waals surface area contributed by atoms with Crippen LogP contribution in [0.2, 0.25) is 0 Å². The molecule has 0 spiro atoms. The Morgan fingerprint density at radius 2 is 2.44 bits per heavy atom. The molecule has 0 aromatic carbocycles. The molecule has 2 aliphatic rings. The minimum absolute atomic E-state index is 0.538. The van der Waals surface area contributed by atoms with Gasteiger partial charge >= 0.3 is 0 Å². The highest BCUT2D eigenvalue weighted by molar-refractivity contribution is 5.12. The van der Waals surface area contributed by atoms with Gasteiger partial charge in [0.05, 0.1) is 0 Å². The van der Waals surface area contributed by atoms with Crippen LogP contribution >= 0.6 is 0 Å². The highest BCUT2D eigenvalue weighted by Crippen LogP contribution is 2.44. The molecule has 0 amide bonds. The summed E-state index contributed by atoms with van der Waals surface area (Å²) in [7, 11) is 0. The maximum Gasteiger partial charge on any atom is 0.0130 e. The zero-order valence-electron chi connectivity index (χ0n) is 5.80. The zero-order chi connectivity index (χ0) is 6.43. The Balaban J connectivity index is 1.99. The predicted molar refractivity (Wildman–Crippen MR) is 37.0 cm³/mol. The molecule has 2 nitrogen and oxygen atoms in total. The van der Waals surface area contributed by atoms with Gasteiger partial charge < -0.3 is 11.1 Å². The summed E-state index contributed by atoms with van der Waals surface area (Å²) in [6.07, 6.45) is 1.24. The van der Waals surface area contributed by atoms with Gasteiger partial charge in [-0.1, -0.05) is 6.92 Å². The van der Waals surface area contributed by atoms with Crippen LogP contribution in [0, 0.1) is 11.8 Å². The van der Waals surface area contributed by atoms with E-state index in [1.54, 1.807) is 0 Å². The Kier molecular flexibility index (Phi) is 1.08. The minimum Gasteiger partial charge on any atom is -0.327 e. The average Bonchev–Trinajstić information content (AvgIpc) is 2.41. The molecule has 0 radical (unpaired) electrons. The SMILES string of the molecule is CC[C@@H]1NC[C@@H]2[C@@H](N)[C@@H]21. The van der Waals surface area contributed by atoms with Gasteiger partial charge in [-0.05, 0) is 18.3 Å². The normalized spacial score (nSPS) is 55.3. The summed E-state index contributed by atoms with van der Waals surface area (Å²) in [6.45, 7) is 3.40. The summed E-state index contributed by atoms with van der Waals surface area (Å²) in [5.41, 5.74) is 5.80. The first-order chi connectivity index (χ1) is 4.34. The molecule has 4 atom stereocenters. The van der Waals surface area contributed by atoms with Crippen LogP contribution in [-0.4, -0.2) is 18.6 Å². The van der Waals surface area contributed by atoms with Gasteiger partial charge in [-0.2, -0.15) is 0 Å². The molecule has 0 aromatic rings. The fourth-order valence-electron chi connectivity index (χ4n) is 2.11. The van der Waals surface area contributed by atoms with Crippen molar-refractivity contribution in [2.75, 3.05) is 6.54 Å². The highest BCUT2D eigenvalue weighted by atomic mass is 15.1. The van der Waals surface area contributed by atoms with Crippen molar-refractivity contribution in [1.82, 2.24) is 5.32 Å². The van der Waals surface area contributed by atoms with Crippen molar-refractivity contribution in [1.29, 1.82) is 0 Å². The Labute approximate surface area is 55.8 Å². The van der Waals surface area contributed by atoms with Crippen LogP contribution in [0.4, 0.5) is 0 Å². The fraction of sp³-hybridized carbons (Fsp3) is 1.00. The quantitative estimate of drug-likeness (QED) is 0.516. The molecular formula is C7H14N2. The predicted octanol–water partition coefficient (Wildman–Crippen LogP) is -0.0585. The second kappa shape index (κ2) is 1.70. The number of hydrogen-bond acceptors (Lipinski definition) is 2. The van der Waals surface area contributed by atoms with E-state index in [1.807, 2.05) is 0 Å². The lowest BCUT2D eigenvalue weighted by Crippen LogP contribution is -2.31.